The molecule has 0 spiro atoms. The summed E-state index contributed by atoms with van der Waals surface area (Å²) in [6.45, 7) is 1.36. The van der Waals surface area contributed by atoms with Crippen LogP contribution in [0.1, 0.15) is 17.3 Å². The molecule has 0 N–H and O–H groups in total. The second-order valence-electron chi connectivity index (χ2n) is 5.44. The molecule has 0 aromatic heterocycles. The molecule has 22 heavy (non-hydrogen) atoms. The lowest BCUT2D eigenvalue weighted by molar-refractivity contribution is -0.383. The molecule has 0 atom stereocenters. The van der Waals surface area contributed by atoms with Gasteiger partial charge in [0.05, 0.1) is 15.9 Å². The standard InChI is InChI=1S/C18H11NO3/c1-10(20)15-9-13-6-5-11-3-2-4-12-7-8-14(17(13)16(11)12)18(15)19(21)22/h2-9H,1H3. The number of ketones is 1. The van der Waals surface area contributed by atoms with Crippen molar-refractivity contribution in [2.75, 3.05) is 0 Å². The summed E-state index contributed by atoms with van der Waals surface area (Å²) in [6.07, 6.45) is 0. The number of Topliss-reactive ketones (excluding diaryl/α,β-unsaturated/α-hetero) is 1. The summed E-state index contributed by atoms with van der Waals surface area (Å²) in [4.78, 5) is 22.9. The Labute approximate surface area is 125 Å². The van der Waals surface area contributed by atoms with E-state index in [1.54, 1.807) is 12.1 Å². The second-order valence-corrected chi connectivity index (χ2v) is 5.44. The van der Waals surface area contributed by atoms with Crippen LogP contribution >= 0.6 is 0 Å². The predicted octanol–water partition coefficient (Wildman–Crippen LogP) is 4.69. The van der Waals surface area contributed by atoms with Gasteiger partial charge in [0, 0.05) is 5.39 Å². The number of hydrogen-bond donors (Lipinski definition) is 0. The van der Waals surface area contributed by atoms with E-state index in [1.165, 1.54) is 6.92 Å². The molecule has 4 aromatic rings. The first-order valence-electron chi connectivity index (χ1n) is 6.94. The highest BCUT2D eigenvalue weighted by Crippen LogP contribution is 2.40. The minimum absolute atomic E-state index is 0.0988. The topological polar surface area (TPSA) is 60.2 Å². The van der Waals surface area contributed by atoms with Crippen LogP contribution in [0.15, 0.2) is 48.5 Å². The van der Waals surface area contributed by atoms with Gasteiger partial charge in [-0.3, -0.25) is 14.9 Å². The van der Waals surface area contributed by atoms with E-state index in [4.69, 9.17) is 0 Å². The Morgan fingerprint density at radius 3 is 2.23 bits per heavy atom. The smallest absolute Gasteiger partial charge is 0.287 e. The van der Waals surface area contributed by atoms with Gasteiger partial charge in [-0.15, -0.1) is 0 Å². The van der Waals surface area contributed by atoms with Gasteiger partial charge >= 0.3 is 0 Å². The van der Waals surface area contributed by atoms with Gasteiger partial charge in [0.1, 0.15) is 0 Å². The van der Waals surface area contributed by atoms with Crippen molar-refractivity contribution in [3.63, 3.8) is 0 Å². The highest BCUT2D eigenvalue weighted by molar-refractivity contribution is 6.26. The van der Waals surface area contributed by atoms with E-state index in [1.807, 2.05) is 36.4 Å². The zero-order valence-electron chi connectivity index (χ0n) is 11.8. The van der Waals surface area contributed by atoms with Crippen molar-refractivity contribution < 1.29 is 9.72 Å². The van der Waals surface area contributed by atoms with Crippen LogP contribution in [0.2, 0.25) is 0 Å². The van der Waals surface area contributed by atoms with Crippen LogP contribution in [-0.4, -0.2) is 10.7 Å². The van der Waals surface area contributed by atoms with Gasteiger partial charge in [-0.2, -0.15) is 0 Å². The summed E-state index contributed by atoms with van der Waals surface area (Å²) in [6, 6.07) is 15.1. The van der Waals surface area contributed by atoms with E-state index in [9.17, 15) is 14.9 Å². The number of carbonyl (C=O) groups is 1. The molecule has 0 aliphatic carbocycles. The molecule has 0 bridgehead atoms. The number of nitrogens with zero attached hydrogens (tertiary/aromatic N) is 1. The second kappa shape index (κ2) is 4.24. The zero-order valence-corrected chi connectivity index (χ0v) is 11.8. The Kier molecular flexibility index (Phi) is 2.45. The third-order valence-electron chi connectivity index (χ3n) is 4.18. The molecule has 0 heterocycles. The van der Waals surface area contributed by atoms with Gasteiger partial charge in [0.2, 0.25) is 0 Å². The van der Waals surface area contributed by atoms with Crippen LogP contribution < -0.4 is 0 Å². The molecule has 0 saturated heterocycles. The average molecular weight is 289 g/mol. The van der Waals surface area contributed by atoms with Crippen molar-refractivity contribution in [1.82, 2.24) is 0 Å². The van der Waals surface area contributed by atoms with Gasteiger partial charge in [0.25, 0.3) is 5.69 Å². The summed E-state index contributed by atoms with van der Waals surface area (Å²) < 4.78 is 0. The van der Waals surface area contributed by atoms with Gasteiger partial charge < -0.3 is 0 Å². The maximum atomic E-state index is 11.8. The van der Waals surface area contributed by atoms with Crippen molar-refractivity contribution in [2.24, 2.45) is 0 Å². The Hall–Kier alpha value is -3.01. The summed E-state index contributed by atoms with van der Waals surface area (Å²) in [7, 11) is 0. The van der Waals surface area contributed by atoms with Crippen molar-refractivity contribution in [2.45, 2.75) is 6.92 Å². The fourth-order valence-electron chi connectivity index (χ4n) is 3.26. The van der Waals surface area contributed by atoms with Gasteiger partial charge in [-0.25, -0.2) is 0 Å². The van der Waals surface area contributed by atoms with E-state index in [-0.39, 0.29) is 17.0 Å². The van der Waals surface area contributed by atoms with Gasteiger partial charge in [-0.05, 0) is 40.6 Å². The van der Waals surface area contributed by atoms with E-state index in [0.29, 0.717) is 5.39 Å². The lowest BCUT2D eigenvalue weighted by atomic mass is 9.91. The molecule has 106 valence electrons. The fourth-order valence-corrected chi connectivity index (χ4v) is 3.26. The number of nitro benzene ring substituents is 1. The number of hydrogen-bond acceptors (Lipinski definition) is 3. The van der Waals surface area contributed by atoms with Crippen LogP contribution in [0.25, 0.3) is 32.3 Å². The maximum absolute atomic E-state index is 11.8. The van der Waals surface area contributed by atoms with E-state index in [0.717, 1.165) is 26.9 Å². The first kappa shape index (κ1) is 12.7. The minimum Gasteiger partial charge on any atom is -0.294 e. The van der Waals surface area contributed by atoms with Crippen molar-refractivity contribution in [3.05, 3.63) is 64.2 Å². The highest BCUT2D eigenvalue weighted by Gasteiger charge is 2.24. The number of nitro groups is 1. The number of carbonyl (C=O) groups excluding carboxylic acids is 1. The predicted molar refractivity (Wildman–Crippen MR) is 86.8 cm³/mol. The van der Waals surface area contributed by atoms with Crippen molar-refractivity contribution in [1.29, 1.82) is 0 Å². The lowest BCUT2D eigenvalue weighted by Crippen LogP contribution is -2.02. The van der Waals surface area contributed by atoms with Crippen molar-refractivity contribution in [3.8, 4) is 0 Å². The first-order valence-corrected chi connectivity index (χ1v) is 6.94. The molecule has 4 heteroatoms. The fraction of sp³-hybridized carbons (Fsp3) is 0.0556. The quantitative estimate of drug-likeness (QED) is 0.233. The van der Waals surface area contributed by atoms with E-state index < -0.39 is 4.92 Å². The Balaban J connectivity index is 2.36. The molecule has 0 aliphatic rings. The number of benzene rings is 4. The summed E-state index contributed by atoms with van der Waals surface area (Å²) in [5.74, 6) is -0.294. The van der Waals surface area contributed by atoms with Crippen molar-refractivity contribution >= 4 is 43.8 Å². The average Bonchev–Trinajstić information content (AvgIpc) is 2.51. The van der Waals surface area contributed by atoms with Crippen LogP contribution in [-0.2, 0) is 0 Å². The molecular weight excluding hydrogens is 278 g/mol. The zero-order chi connectivity index (χ0) is 15.4. The van der Waals surface area contributed by atoms with E-state index in [2.05, 4.69) is 0 Å². The molecule has 0 aliphatic heterocycles. The Morgan fingerprint density at radius 1 is 0.955 bits per heavy atom. The Bertz CT molecular complexity index is 1070. The SMILES string of the molecule is CC(=O)c1cc2ccc3cccc4ccc(c1[N+](=O)[O-])c2c34. The third-order valence-corrected chi connectivity index (χ3v) is 4.18. The normalized spacial score (nSPS) is 11.5. The molecule has 0 radical (unpaired) electrons. The van der Waals surface area contributed by atoms with Gasteiger partial charge in [0.15, 0.2) is 5.78 Å². The monoisotopic (exact) mass is 289 g/mol. The molecule has 4 nitrogen and oxygen atoms in total. The molecule has 0 amide bonds. The van der Waals surface area contributed by atoms with E-state index >= 15 is 0 Å². The Morgan fingerprint density at radius 2 is 1.59 bits per heavy atom. The van der Waals surface area contributed by atoms with Crippen LogP contribution in [0.4, 0.5) is 5.69 Å². The molecular formula is C18H11NO3. The molecule has 4 rings (SSSR count). The summed E-state index contributed by atoms with van der Waals surface area (Å²) >= 11 is 0. The van der Waals surface area contributed by atoms with Gasteiger partial charge in [-0.1, -0.05) is 36.4 Å². The first-order chi connectivity index (χ1) is 10.6. The third kappa shape index (κ3) is 1.55. The van der Waals surface area contributed by atoms with Crippen LogP contribution in [0, 0.1) is 10.1 Å². The summed E-state index contributed by atoms with van der Waals surface area (Å²) in [5, 5.41) is 16.9. The molecule has 0 saturated carbocycles. The number of rotatable bonds is 2. The van der Waals surface area contributed by atoms with Crippen LogP contribution in [0.5, 0.6) is 0 Å². The molecule has 0 unspecified atom stereocenters. The molecule has 0 fully saturated rings. The lowest BCUT2D eigenvalue weighted by Gasteiger charge is -2.12. The minimum atomic E-state index is -0.456. The maximum Gasteiger partial charge on any atom is 0.287 e. The largest absolute Gasteiger partial charge is 0.294 e. The highest BCUT2D eigenvalue weighted by atomic mass is 16.6. The van der Waals surface area contributed by atoms with Crippen LogP contribution in [0.3, 0.4) is 0 Å². The molecule has 4 aromatic carbocycles. The summed E-state index contributed by atoms with van der Waals surface area (Å²) in [5.41, 5.74) is 0.0640.